The Kier molecular flexibility index (Phi) is 6.03. The molecule has 1 aromatic carbocycles. The lowest BCUT2D eigenvalue weighted by atomic mass is 10.2. The fourth-order valence-electron chi connectivity index (χ4n) is 1.38. The van der Waals surface area contributed by atoms with E-state index >= 15 is 0 Å². The molecule has 0 aromatic heterocycles. The van der Waals surface area contributed by atoms with Crippen molar-refractivity contribution >= 4 is 40.7 Å². The van der Waals surface area contributed by atoms with Gasteiger partial charge in [-0.3, -0.25) is 4.79 Å². The fourth-order valence-corrected chi connectivity index (χ4v) is 2.03. The molecular formula is C11H11Cl3FNO. The van der Waals surface area contributed by atoms with Gasteiger partial charge in [-0.2, -0.15) is 0 Å². The second kappa shape index (κ2) is 7.04. The van der Waals surface area contributed by atoms with Gasteiger partial charge >= 0.3 is 0 Å². The van der Waals surface area contributed by atoms with Crippen molar-refractivity contribution in [1.29, 1.82) is 0 Å². The molecule has 6 heteroatoms. The van der Waals surface area contributed by atoms with Crippen LogP contribution >= 0.6 is 34.8 Å². The highest BCUT2D eigenvalue weighted by Crippen LogP contribution is 2.20. The summed E-state index contributed by atoms with van der Waals surface area (Å²) in [5, 5.41) is 0.0872. The minimum absolute atomic E-state index is 0.0872. The van der Waals surface area contributed by atoms with Crippen LogP contribution in [-0.4, -0.2) is 35.7 Å². The molecule has 94 valence electrons. The summed E-state index contributed by atoms with van der Waals surface area (Å²) >= 11 is 17.0. The molecule has 0 unspecified atom stereocenters. The maximum atomic E-state index is 13.5. The van der Waals surface area contributed by atoms with Crippen molar-refractivity contribution in [2.24, 2.45) is 0 Å². The number of carbonyl (C=O) groups excluding carboxylic acids is 1. The molecule has 0 aliphatic heterocycles. The van der Waals surface area contributed by atoms with Gasteiger partial charge in [0, 0.05) is 24.8 Å². The Labute approximate surface area is 114 Å². The van der Waals surface area contributed by atoms with Crippen molar-refractivity contribution < 1.29 is 9.18 Å². The third-order valence-corrected chi connectivity index (χ3v) is 2.83. The van der Waals surface area contributed by atoms with E-state index in [1.165, 1.54) is 23.1 Å². The number of alkyl halides is 2. The Morgan fingerprint density at radius 2 is 1.82 bits per heavy atom. The number of carbonyl (C=O) groups is 1. The lowest BCUT2D eigenvalue weighted by molar-refractivity contribution is 0.0770. The first-order valence-corrected chi connectivity index (χ1v) is 6.41. The van der Waals surface area contributed by atoms with E-state index in [-0.39, 0.29) is 22.3 Å². The van der Waals surface area contributed by atoms with Crippen LogP contribution in [0.2, 0.25) is 5.02 Å². The molecule has 0 N–H and O–H groups in total. The molecule has 0 radical (unpaired) electrons. The van der Waals surface area contributed by atoms with Gasteiger partial charge in [0.2, 0.25) is 0 Å². The minimum Gasteiger partial charge on any atom is -0.336 e. The van der Waals surface area contributed by atoms with Gasteiger partial charge in [-0.15, -0.1) is 23.2 Å². The summed E-state index contributed by atoms with van der Waals surface area (Å²) in [5.74, 6) is -0.616. The van der Waals surface area contributed by atoms with Gasteiger partial charge in [0.25, 0.3) is 5.91 Å². The van der Waals surface area contributed by atoms with E-state index in [1.807, 2.05) is 0 Å². The summed E-state index contributed by atoms with van der Waals surface area (Å²) in [7, 11) is 0. The van der Waals surface area contributed by atoms with E-state index in [4.69, 9.17) is 34.8 Å². The van der Waals surface area contributed by atoms with Gasteiger partial charge in [0.1, 0.15) is 5.82 Å². The summed E-state index contributed by atoms with van der Waals surface area (Å²) in [4.78, 5) is 13.4. The number of halogens is 4. The van der Waals surface area contributed by atoms with Gasteiger partial charge < -0.3 is 4.90 Å². The van der Waals surface area contributed by atoms with Crippen LogP contribution in [0.4, 0.5) is 4.39 Å². The molecule has 17 heavy (non-hydrogen) atoms. The molecule has 0 heterocycles. The largest absolute Gasteiger partial charge is 0.336 e. The Hall–Kier alpha value is -0.510. The highest BCUT2D eigenvalue weighted by atomic mass is 35.5. The number of hydrogen-bond acceptors (Lipinski definition) is 1. The number of rotatable bonds is 5. The third-order valence-electron chi connectivity index (χ3n) is 2.17. The quantitative estimate of drug-likeness (QED) is 0.763. The molecule has 1 amide bonds. The van der Waals surface area contributed by atoms with Crippen LogP contribution in [0.3, 0.4) is 0 Å². The molecule has 0 saturated carbocycles. The monoisotopic (exact) mass is 297 g/mol. The van der Waals surface area contributed by atoms with Crippen LogP contribution in [0.5, 0.6) is 0 Å². The van der Waals surface area contributed by atoms with Crippen LogP contribution in [-0.2, 0) is 0 Å². The molecule has 0 bridgehead atoms. The van der Waals surface area contributed by atoms with E-state index in [0.717, 1.165) is 0 Å². The SMILES string of the molecule is O=C(c1c(F)cccc1Cl)N(CCCl)CCCl. The Morgan fingerprint density at radius 1 is 1.24 bits per heavy atom. The number of nitrogens with zero attached hydrogens (tertiary/aromatic N) is 1. The lowest BCUT2D eigenvalue weighted by Crippen LogP contribution is -2.35. The summed E-state index contributed by atoms with van der Waals surface area (Å²) < 4.78 is 13.5. The molecule has 2 nitrogen and oxygen atoms in total. The molecule has 0 fully saturated rings. The van der Waals surface area contributed by atoms with E-state index in [9.17, 15) is 9.18 Å². The summed E-state index contributed by atoms with van der Waals surface area (Å²) in [5.41, 5.74) is -0.135. The Bertz CT molecular complexity index is 374. The van der Waals surface area contributed by atoms with Crippen molar-refractivity contribution in [2.75, 3.05) is 24.8 Å². The lowest BCUT2D eigenvalue weighted by Gasteiger charge is -2.21. The van der Waals surface area contributed by atoms with Crippen molar-refractivity contribution in [2.45, 2.75) is 0 Å². The maximum absolute atomic E-state index is 13.5. The van der Waals surface area contributed by atoms with Gasteiger partial charge in [-0.25, -0.2) is 4.39 Å². The molecule has 1 aromatic rings. The van der Waals surface area contributed by atoms with Crippen molar-refractivity contribution in [3.8, 4) is 0 Å². The predicted octanol–water partition coefficient (Wildman–Crippen LogP) is 3.40. The average Bonchev–Trinajstić information content (AvgIpc) is 2.28. The minimum atomic E-state index is -0.642. The highest BCUT2D eigenvalue weighted by Gasteiger charge is 2.21. The van der Waals surface area contributed by atoms with E-state index in [0.29, 0.717) is 13.1 Å². The first-order valence-electron chi connectivity index (χ1n) is 4.97. The molecule has 0 aliphatic rings. The van der Waals surface area contributed by atoms with Crippen LogP contribution in [0.25, 0.3) is 0 Å². The first-order chi connectivity index (χ1) is 8.11. The van der Waals surface area contributed by atoms with Gasteiger partial charge in [-0.1, -0.05) is 17.7 Å². The van der Waals surface area contributed by atoms with Crippen LogP contribution in [0.1, 0.15) is 10.4 Å². The molecule has 0 aliphatic carbocycles. The van der Waals surface area contributed by atoms with Gasteiger partial charge in [-0.05, 0) is 12.1 Å². The van der Waals surface area contributed by atoms with Crippen LogP contribution < -0.4 is 0 Å². The zero-order valence-corrected chi connectivity index (χ0v) is 11.2. The molecule has 0 spiro atoms. The smallest absolute Gasteiger partial charge is 0.258 e. The standard InChI is InChI=1S/C11H11Cl3FNO/c12-4-6-16(7-5-13)11(17)10-8(14)2-1-3-9(10)15/h1-3H,4-7H2. The maximum Gasteiger partial charge on any atom is 0.258 e. The van der Waals surface area contributed by atoms with Crippen LogP contribution in [0.15, 0.2) is 18.2 Å². The average molecular weight is 299 g/mol. The number of hydrogen-bond donors (Lipinski definition) is 0. The third kappa shape index (κ3) is 3.73. The highest BCUT2D eigenvalue weighted by molar-refractivity contribution is 6.33. The topological polar surface area (TPSA) is 20.3 Å². The van der Waals surface area contributed by atoms with Crippen molar-refractivity contribution in [3.63, 3.8) is 0 Å². The van der Waals surface area contributed by atoms with Crippen LogP contribution in [0, 0.1) is 5.82 Å². The second-order valence-corrected chi connectivity index (χ2v) is 4.43. The van der Waals surface area contributed by atoms with E-state index in [1.54, 1.807) is 0 Å². The summed E-state index contributed by atoms with van der Waals surface area (Å²) in [6.07, 6.45) is 0. The molecule has 1 rings (SSSR count). The Morgan fingerprint density at radius 3 is 2.29 bits per heavy atom. The molecule has 0 saturated heterocycles. The van der Waals surface area contributed by atoms with E-state index < -0.39 is 11.7 Å². The van der Waals surface area contributed by atoms with Gasteiger partial charge in [0.05, 0.1) is 10.6 Å². The van der Waals surface area contributed by atoms with E-state index in [2.05, 4.69) is 0 Å². The predicted molar refractivity (Wildman–Crippen MR) is 68.8 cm³/mol. The zero-order chi connectivity index (χ0) is 12.8. The van der Waals surface area contributed by atoms with Crippen molar-refractivity contribution in [1.82, 2.24) is 4.90 Å². The normalized spacial score (nSPS) is 10.4. The number of amides is 1. The second-order valence-electron chi connectivity index (χ2n) is 3.27. The molecule has 0 atom stereocenters. The zero-order valence-electron chi connectivity index (χ0n) is 8.93. The summed E-state index contributed by atoms with van der Waals surface area (Å²) in [6.45, 7) is 0.607. The summed E-state index contributed by atoms with van der Waals surface area (Å²) in [6, 6.07) is 4.11. The fraction of sp³-hybridized carbons (Fsp3) is 0.364. The first kappa shape index (κ1) is 14.6. The Balaban J connectivity index is 3.00. The van der Waals surface area contributed by atoms with Gasteiger partial charge in [0.15, 0.2) is 0 Å². The van der Waals surface area contributed by atoms with Crippen molar-refractivity contribution in [3.05, 3.63) is 34.6 Å². The number of benzene rings is 1. The molecular weight excluding hydrogens is 287 g/mol.